The van der Waals surface area contributed by atoms with Crippen LogP contribution in [0.2, 0.25) is 0 Å². The molecule has 0 radical (unpaired) electrons. The Hall–Kier alpha value is -3.54. The Bertz CT molecular complexity index is 1100. The molecule has 0 spiro atoms. The molecule has 0 bridgehead atoms. The van der Waals surface area contributed by atoms with Gasteiger partial charge in [-0.1, -0.05) is 17.3 Å². The highest BCUT2D eigenvalue weighted by Gasteiger charge is 2.11. The number of hydrogen-bond donors (Lipinski definition) is 1. The lowest BCUT2D eigenvalue weighted by Crippen LogP contribution is -2.13. The summed E-state index contributed by atoms with van der Waals surface area (Å²) in [5.74, 6) is -0.146. The molecular weight excluding hydrogens is 326 g/mol. The van der Waals surface area contributed by atoms with Crippen LogP contribution in [0.4, 0.5) is 5.69 Å². The number of nitrogens with zero attached hydrogens (tertiary/aromatic N) is 4. The van der Waals surface area contributed by atoms with Crippen molar-refractivity contribution in [1.82, 2.24) is 20.0 Å². The average molecular weight is 343 g/mol. The minimum Gasteiger partial charge on any atom is -0.322 e. The Balaban J connectivity index is 1.59. The predicted molar refractivity (Wildman–Crippen MR) is 101 cm³/mol. The maximum atomic E-state index is 12.5. The number of hydrogen-bond acceptors (Lipinski definition) is 4. The largest absolute Gasteiger partial charge is 0.322 e. The molecule has 1 N–H and O–H groups in total. The number of nitrogens with one attached hydrogen (secondary N) is 1. The van der Waals surface area contributed by atoms with Gasteiger partial charge in [-0.05, 0) is 67.4 Å². The van der Waals surface area contributed by atoms with E-state index in [0.29, 0.717) is 11.2 Å². The summed E-state index contributed by atoms with van der Waals surface area (Å²) in [5, 5.41) is 11.2. The molecule has 0 aliphatic heterocycles. The van der Waals surface area contributed by atoms with E-state index in [4.69, 9.17) is 0 Å². The van der Waals surface area contributed by atoms with E-state index >= 15 is 0 Å². The number of pyridine rings is 1. The molecule has 6 nitrogen and oxygen atoms in total. The number of benzene rings is 2. The predicted octanol–water partition coefficient (Wildman–Crippen LogP) is 3.68. The highest BCUT2D eigenvalue weighted by atomic mass is 16.1. The van der Waals surface area contributed by atoms with Crippen LogP contribution in [0.25, 0.3) is 16.9 Å². The fraction of sp³-hybridized carbons (Fsp3) is 0.100. The SMILES string of the molecule is Cc1cccc(NC(=O)c2ccc(-n3nnc4cccnc43)cc2)c1C. The number of anilines is 1. The Labute approximate surface area is 150 Å². The minimum absolute atomic E-state index is 0.146. The van der Waals surface area contributed by atoms with Gasteiger partial charge in [-0.15, -0.1) is 5.10 Å². The molecule has 2 aromatic heterocycles. The summed E-state index contributed by atoms with van der Waals surface area (Å²) in [5.41, 5.74) is 5.82. The monoisotopic (exact) mass is 343 g/mol. The lowest BCUT2D eigenvalue weighted by molar-refractivity contribution is 0.102. The number of fused-ring (bicyclic) bond motifs is 1. The standard InChI is InChI=1S/C20H17N5O/c1-13-5-3-6-17(14(13)2)22-20(26)15-8-10-16(11-9-15)25-19-18(23-24-25)7-4-12-21-19/h3-12H,1-2H3,(H,22,26). The molecule has 4 aromatic rings. The molecule has 2 heterocycles. The van der Waals surface area contributed by atoms with Gasteiger partial charge in [-0.25, -0.2) is 4.98 Å². The first-order valence-corrected chi connectivity index (χ1v) is 8.28. The molecule has 128 valence electrons. The zero-order valence-corrected chi connectivity index (χ0v) is 14.5. The Morgan fingerprint density at radius 2 is 1.81 bits per heavy atom. The van der Waals surface area contributed by atoms with Crippen molar-refractivity contribution in [3.05, 3.63) is 77.5 Å². The van der Waals surface area contributed by atoms with Crippen molar-refractivity contribution < 1.29 is 4.79 Å². The summed E-state index contributed by atoms with van der Waals surface area (Å²) < 4.78 is 1.65. The molecule has 6 heteroatoms. The van der Waals surface area contributed by atoms with E-state index in [2.05, 4.69) is 20.6 Å². The summed E-state index contributed by atoms with van der Waals surface area (Å²) in [6.07, 6.45) is 1.70. The first-order valence-electron chi connectivity index (χ1n) is 8.28. The molecule has 1 amide bonds. The maximum absolute atomic E-state index is 12.5. The second-order valence-corrected chi connectivity index (χ2v) is 6.10. The Morgan fingerprint density at radius 3 is 2.62 bits per heavy atom. The summed E-state index contributed by atoms with van der Waals surface area (Å²) >= 11 is 0. The highest BCUT2D eigenvalue weighted by Crippen LogP contribution is 2.20. The summed E-state index contributed by atoms with van der Waals surface area (Å²) in [6, 6.07) is 16.8. The lowest BCUT2D eigenvalue weighted by atomic mass is 10.1. The van der Waals surface area contributed by atoms with Crippen LogP contribution < -0.4 is 5.32 Å². The fourth-order valence-electron chi connectivity index (χ4n) is 2.77. The van der Waals surface area contributed by atoms with Crippen LogP contribution in [0, 0.1) is 13.8 Å². The quantitative estimate of drug-likeness (QED) is 0.616. The van der Waals surface area contributed by atoms with Crippen LogP contribution in [0.15, 0.2) is 60.8 Å². The Kier molecular flexibility index (Phi) is 3.93. The molecule has 26 heavy (non-hydrogen) atoms. The highest BCUT2D eigenvalue weighted by molar-refractivity contribution is 6.04. The van der Waals surface area contributed by atoms with Gasteiger partial charge in [0.2, 0.25) is 0 Å². The molecule has 0 atom stereocenters. The van der Waals surface area contributed by atoms with Crippen molar-refractivity contribution in [2.24, 2.45) is 0 Å². The van der Waals surface area contributed by atoms with Crippen molar-refractivity contribution in [2.75, 3.05) is 5.32 Å². The number of rotatable bonds is 3. The summed E-state index contributed by atoms with van der Waals surface area (Å²) in [7, 11) is 0. The van der Waals surface area contributed by atoms with Crippen LogP contribution in [0.5, 0.6) is 0 Å². The molecular formula is C20H17N5O. The molecule has 0 fully saturated rings. The first kappa shape index (κ1) is 16.0. The zero-order chi connectivity index (χ0) is 18.1. The molecule has 0 aliphatic rings. The zero-order valence-electron chi connectivity index (χ0n) is 14.5. The van der Waals surface area contributed by atoms with Gasteiger partial charge in [0.05, 0.1) is 5.69 Å². The number of carbonyl (C=O) groups excluding carboxylic acids is 1. The first-order chi connectivity index (χ1) is 12.6. The van der Waals surface area contributed by atoms with E-state index in [1.165, 1.54) is 0 Å². The van der Waals surface area contributed by atoms with Gasteiger partial charge in [0.1, 0.15) is 5.52 Å². The third-order valence-electron chi connectivity index (χ3n) is 4.44. The van der Waals surface area contributed by atoms with Crippen molar-refractivity contribution in [3.8, 4) is 5.69 Å². The van der Waals surface area contributed by atoms with Crippen LogP contribution in [0.3, 0.4) is 0 Å². The second kappa shape index (κ2) is 6.40. The number of amides is 1. The molecule has 0 unspecified atom stereocenters. The van der Waals surface area contributed by atoms with Crippen LogP contribution >= 0.6 is 0 Å². The van der Waals surface area contributed by atoms with Gasteiger partial charge >= 0.3 is 0 Å². The van der Waals surface area contributed by atoms with Crippen molar-refractivity contribution in [1.29, 1.82) is 0 Å². The molecule has 4 rings (SSSR count). The Morgan fingerprint density at radius 1 is 1.00 bits per heavy atom. The number of carbonyl (C=O) groups is 1. The van der Waals surface area contributed by atoms with E-state index in [0.717, 1.165) is 28.0 Å². The van der Waals surface area contributed by atoms with Gasteiger partial charge in [-0.3, -0.25) is 4.79 Å². The van der Waals surface area contributed by atoms with Gasteiger partial charge in [0.25, 0.3) is 5.91 Å². The number of aryl methyl sites for hydroxylation is 1. The lowest BCUT2D eigenvalue weighted by Gasteiger charge is -2.10. The molecule has 0 aliphatic carbocycles. The molecule has 2 aromatic carbocycles. The van der Waals surface area contributed by atoms with Gasteiger partial charge in [0.15, 0.2) is 5.65 Å². The summed E-state index contributed by atoms with van der Waals surface area (Å²) in [4.78, 5) is 16.8. The van der Waals surface area contributed by atoms with Gasteiger partial charge < -0.3 is 5.32 Å². The van der Waals surface area contributed by atoms with E-state index in [1.54, 1.807) is 23.0 Å². The topological polar surface area (TPSA) is 72.7 Å². The molecule has 0 saturated heterocycles. The van der Waals surface area contributed by atoms with Gasteiger partial charge in [-0.2, -0.15) is 4.68 Å². The third-order valence-corrected chi connectivity index (χ3v) is 4.44. The van der Waals surface area contributed by atoms with E-state index < -0.39 is 0 Å². The average Bonchev–Trinajstić information content (AvgIpc) is 3.10. The van der Waals surface area contributed by atoms with E-state index in [1.807, 2.05) is 56.3 Å². The third kappa shape index (κ3) is 2.82. The van der Waals surface area contributed by atoms with Crippen LogP contribution in [-0.2, 0) is 0 Å². The van der Waals surface area contributed by atoms with E-state index in [9.17, 15) is 4.79 Å². The van der Waals surface area contributed by atoms with Crippen molar-refractivity contribution in [2.45, 2.75) is 13.8 Å². The second-order valence-electron chi connectivity index (χ2n) is 6.10. The minimum atomic E-state index is -0.146. The number of aromatic nitrogens is 4. The van der Waals surface area contributed by atoms with Gasteiger partial charge in [0, 0.05) is 17.4 Å². The molecule has 0 saturated carbocycles. The fourth-order valence-corrected chi connectivity index (χ4v) is 2.77. The normalized spacial score (nSPS) is 10.8. The summed E-state index contributed by atoms with van der Waals surface area (Å²) in [6.45, 7) is 4.02. The van der Waals surface area contributed by atoms with Crippen LogP contribution in [0.1, 0.15) is 21.5 Å². The van der Waals surface area contributed by atoms with Crippen LogP contribution in [-0.4, -0.2) is 25.9 Å². The van der Waals surface area contributed by atoms with E-state index in [-0.39, 0.29) is 5.91 Å². The maximum Gasteiger partial charge on any atom is 0.255 e. The van der Waals surface area contributed by atoms with Crippen molar-refractivity contribution in [3.63, 3.8) is 0 Å². The van der Waals surface area contributed by atoms with Crippen molar-refractivity contribution >= 4 is 22.8 Å². The smallest absolute Gasteiger partial charge is 0.255 e.